The second-order valence-electron chi connectivity index (χ2n) is 4.84. The van der Waals surface area contributed by atoms with Crippen LogP contribution in [0.2, 0.25) is 0 Å². The Kier molecular flexibility index (Phi) is 4.21. The van der Waals surface area contributed by atoms with Crippen molar-refractivity contribution in [1.29, 1.82) is 0 Å². The fourth-order valence-corrected chi connectivity index (χ4v) is 2.34. The zero-order valence-electron chi connectivity index (χ0n) is 10.9. The molecule has 2 heterocycles. The second-order valence-corrected chi connectivity index (χ2v) is 4.84. The highest BCUT2D eigenvalue weighted by Gasteiger charge is 2.22. The molecule has 2 rings (SSSR count). The van der Waals surface area contributed by atoms with E-state index in [0.29, 0.717) is 11.6 Å². The van der Waals surface area contributed by atoms with Crippen molar-refractivity contribution in [2.45, 2.75) is 25.8 Å². The molecule has 0 aromatic carbocycles. The lowest BCUT2D eigenvalue weighted by molar-refractivity contribution is 0.0621. The minimum atomic E-state index is -1.00. The normalized spacial score (nSPS) is 17.9. The number of nitrogens with one attached hydrogen (secondary N) is 1. The van der Waals surface area contributed by atoms with E-state index >= 15 is 0 Å². The van der Waals surface area contributed by atoms with Crippen LogP contribution in [-0.4, -0.2) is 35.3 Å². The Morgan fingerprint density at radius 3 is 2.89 bits per heavy atom. The first kappa shape index (κ1) is 13.6. The predicted molar refractivity (Wildman–Crippen MR) is 72.2 cm³/mol. The van der Waals surface area contributed by atoms with Crippen molar-refractivity contribution in [2.24, 2.45) is 5.92 Å². The standard InChI is InChI=1S/C13H19N3O3/c1-8(9-2-4-19-5-3-9)16-11-7-15-12(14)6-10(11)13(17)18/h6-9,16H,2-5H2,1H3,(H2,14,15)(H,17,18). The summed E-state index contributed by atoms with van der Waals surface area (Å²) in [5.41, 5.74) is 6.19. The molecular formula is C13H19N3O3. The molecule has 1 fully saturated rings. The maximum Gasteiger partial charge on any atom is 0.337 e. The van der Waals surface area contributed by atoms with Gasteiger partial charge >= 0.3 is 5.97 Å². The number of rotatable bonds is 4. The van der Waals surface area contributed by atoms with Crippen LogP contribution in [0.25, 0.3) is 0 Å². The summed E-state index contributed by atoms with van der Waals surface area (Å²) < 4.78 is 5.33. The molecule has 6 heteroatoms. The highest BCUT2D eigenvalue weighted by atomic mass is 16.5. The average molecular weight is 265 g/mol. The first-order valence-electron chi connectivity index (χ1n) is 6.41. The molecule has 4 N–H and O–H groups in total. The van der Waals surface area contributed by atoms with Crippen LogP contribution in [0.4, 0.5) is 11.5 Å². The van der Waals surface area contributed by atoms with Crippen LogP contribution in [-0.2, 0) is 4.74 Å². The van der Waals surface area contributed by atoms with E-state index in [4.69, 9.17) is 15.6 Å². The molecule has 19 heavy (non-hydrogen) atoms. The number of nitrogens with zero attached hydrogens (tertiary/aromatic N) is 1. The lowest BCUT2D eigenvalue weighted by atomic mass is 9.92. The first-order chi connectivity index (χ1) is 9.08. The van der Waals surface area contributed by atoms with Crippen molar-refractivity contribution < 1.29 is 14.6 Å². The zero-order valence-corrected chi connectivity index (χ0v) is 10.9. The largest absolute Gasteiger partial charge is 0.478 e. The van der Waals surface area contributed by atoms with Gasteiger partial charge in [-0.25, -0.2) is 9.78 Å². The summed E-state index contributed by atoms with van der Waals surface area (Å²) in [7, 11) is 0. The lowest BCUT2D eigenvalue weighted by Gasteiger charge is -2.29. The molecule has 1 atom stereocenters. The number of carboxylic acids is 1. The monoisotopic (exact) mass is 265 g/mol. The van der Waals surface area contributed by atoms with E-state index in [1.807, 2.05) is 0 Å². The number of nitrogens with two attached hydrogens (primary N) is 1. The van der Waals surface area contributed by atoms with E-state index in [2.05, 4.69) is 17.2 Å². The molecule has 0 spiro atoms. The van der Waals surface area contributed by atoms with Crippen LogP contribution < -0.4 is 11.1 Å². The molecule has 1 aromatic heterocycles. The van der Waals surface area contributed by atoms with Gasteiger partial charge in [0, 0.05) is 19.3 Å². The van der Waals surface area contributed by atoms with Crippen LogP contribution in [0, 0.1) is 5.92 Å². The Labute approximate surface area is 112 Å². The number of ether oxygens (including phenoxy) is 1. The fraction of sp³-hybridized carbons (Fsp3) is 0.538. The molecule has 1 aliphatic rings. The van der Waals surface area contributed by atoms with Crippen molar-refractivity contribution in [3.8, 4) is 0 Å². The molecule has 1 unspecified atom stereocenters. The zero-order chi connectivity index (χ0) is 13.8. The van der Waals surface area contributed by atoms with Gasteiger partial charge in [0.2, 0.25) is 0 Å². The summed E-state index contributed by atoms with van der Waals surface area (Å²) in [4.78, 5) is 15.1. The van der Waals surface area contributed by atoms with Gasteiger partial charge in [-0.1, -0.05) is 0 Å². The molecule has 1 saturated heterocycles. The van der Waals surface area contributed by atoms with Gasteiger partial charge in [-0.2, -0.15) is 0 Å². The second kappa shape index (κ2) is 5.88. The van der Waals surface area contributed by atoms with Gasteiger partial charge in [0.15, 0.2) is 0 Å². The molecule has 0 radical (unpaired) electrons. The maximum atomic E-state index is 11.2. The van der Waals surface area contributed by atoms with Gasteiger partial charge in [-0.05, 0) is 31.7 Å². The fourth-order valence-electron chi connectivity index (χ4n) is 2.34. The third-order valence-corrected chi connectivity index (χ3v) is 3.51. The highest BCUT2D eigenvalue weighted by molar-refractivity contribution is 5.94. The summed E-state index contributed by atoms with van der Waals surface area (Å²) in [5.74, 6) is -0.314. The molecule has 1 aromatic rings. The number of aromatic carboxylic acids is 1. The Morgan fingerprint density at radius 1 is 1.58 bits per heavy atom. The Morgan fingerprint density at radius 2 is 2.26 bits per heavy atom. The number of pyridine rings is 1. The van der Waals surface area contributed by atoms with Crippen molar-refractivity contribution in [3.63, 3.8) is 0 Å². The van der Waals surface area contributed by atoms with Crippen LogP contribution in [0.5, 0.6) is 0 Å². The molecule has 6 nitrogen and oxygen atoms in total. The quantitative estimate of drug-likeness (QED) is 0.764. The topological polar surface area (TPSA) is 97.5 Å². The van der Waals surface area contributed by atoms with Crippen LogP contribution in [0.1, 0.15) is 30.1 Å². The van der Waals surface area contributed by atoms with Crippen LogP contribution in [0.15, 0.2) is 12.3 Å². The van der Waals surface area contributed by atoms with Crippen molar-refractivity contribution in [2.75, 3.05) is 24.3 Å². The van der Waals surface area contributed by atoms with Crippen molar-refractivity contribution >= 4 is 17.5 Å². The van der Waals surface area contributed by atoms with Crippen molar-refractivity contribution in [1.82, 2.24) is 4.98 Å². The summed E-state index contributed by atoms with van der Waals surface area (Å²) in [6.07, 6.45) is 3.45. The third kappa shape index (κ3) is 3.35. The Bertz CT molecular complexity index is 458. The Hall–Kier alpha value is -1.82. The minimum absolute atomic E-state index is 0.159. The number of anilines is 2. The molecule has 0 aliphatic carbocycles. The number of nitrogen functional groups attached to an aromatic ring is 1. The number of carbonyl (C=O) groups is 1. The van der Waals surface area contributed by atoms with Gasteiger partial charge in [0.1, 0.15) is 5.82 Å². The number of hydrogen-bond donors (Lipinski definition) is 3. The summed E-state index contributed by atoms with van der Waals surface area (Å²) >= 11 is 0. The molecular weight excluding hydrogens is 246 g/mol. The maximum absolute atomic E-state index is 11.2. The summed E-state index contributed by atoms with van der Waals surface area (Å²) in [6.45, 7) is 3.59. The lowest BCUT2D eigenvalue weighted by Crippen LogP contribution is -2.31. The van der Waals surface area contributed by atoms with Crippen molar-refractivity contribution in [3.05, 3.63) is 17.8 Å². The molecule has 0 bridgehead atoms. The van der Waals surface area contributed by atoms with E-state index in [1.165, 1.54) is 12.3 Å². The van der Waals surface area contributed by atoms with Crippen LogP contribution >= 0.6 is 0 Å². The Balaban J connectivity index is 2.11. The van der Waals surface area contributed by atoms with E-state index in [9.17, 15) is 4.79 Å². The van der Waals surface area contributed by atoms with Gasteiger partial charge < -0.3 is 20.9 Å². The predicted octanol–water partition coefficient (Wildman–Crippen LogP) is 1.59. The third-order valence-electron chi connectivity index (χ3n) is 3.51. The van der Waals surface area contributed by atoms with E-state index in [-0.39, 0.29) is 17.4 Å². The molecule has 1 aliphatic heterocycles. The molecule has 104 valence electrons. The SMILES string of the molecule is CC(Nc1cnc(N)cc1C(=O)O)C1CCOCC1. The number of aromatic nitrogens is 1. The van der Waals surface area contributed by atoms with Crippen LogP contribution in [0.3, 0.4) is 0 Å². The van der Waals surface area contributed by atoms with E-state index < -0.39 is 5.97 Å². The highest BCUT2D eigenvalue weighted by Crippen LogP contribution is 2.24. The van der Waals surface area contributed by atoms with E-state index in [1.54, 1.807) is 0 Å². The molecule has 0 amide bonds. The molecule has 0 saturated carbocycles. The average Bonchev–Trinajstić information content (AvgIpc) is 2.41. The van der Waals surface area contributed by atoms with Gasteiger partial charge in [0.25, 0.3) is 0 Å². The smallest absolute Gasteiger partial charge is 0.337 e. The minimum Gasteiger partial charge on any atom is -0.478 e. The van der Waals surface area contributed by atoms with E-state index in [0.717, 1.165) is 26.1 Å². The van der Waals surface area contributed by atoms with Gasteiger partial charge in [-0.15, -0.1) is 0 Å². The van der Waals surface area contributed by atoms with Gasteiger partial charge in [0.05, 0.1) is 17.4 Å². The summed E-state index contributed by atoms with van der Waals surface area (Å²) in [5, 5.41) is 12.4. The number of carboxylic acid groups (broad SMARTS) is 1. The first-order valence-corrected chi connectivity index (χ1v) is 6.41. The number of hydrogen-bond acceptors (Lipinski definition) is 5. The summed E-state index contributed by atoms with van der Waals surface area (Å²) in [6, 6.07) is 1.55. The van der Waals surface area contributed by atoms with Gasteiger partial charge in [-0.3, -0.25) is 0 Å².